The van der Waals surface area contributed by atoms with Gasteiger partial charge in [0, 0.05) is 105 Å². The van der Waals surface area contributed by atoms with E-state index in [1.54, 1.807) is 103 Å². The highest BCUT2D eigenvalue weighted by molar-refractivity contribution is 6.42. The van der Waals surface area contributed by atoms with Gasteiger partial charge in [0.1, 0.15) is 23.1 Å². The van der Waals surface area contributed by atoms with E-state index in [2.05, 4.69) is 106 Å². The van der Waals surface area contributed by atoms with E-state index in [-0.39, 0.29) is 36.0 Å². The Morgan fingerprint density at radius 1 is 0.674 bits per heavy atom. The summed E-state index contributed by atoms with van der Waals surface area (Å²) in [5, 5.41) is 48.8. The molecule has 0 radical (unpaired) electrons. The highest BCUT2D eigenvalue weighted by atomic mass is 35.5. The average Bonchev–Trinajstić information content (AvgIpc) is 1.62. The van der Waals surface area contributed by atoms with Crippen LogP contribution in [0.15, 0.2) is 85.7 Å². The molecule has 2 aliphatic heterocycles. The predicted octanol–water partition coefficient (Wildman–Crippen LogP) is 12.5. The van der Waals surface area contributed by atoms with E-state index in [1.807, 2.05) is 18.2 Å². The van der Waals surface area contributed by atoms with Crippen molar-refractivity contribution in [3.63, 3.8) is 0 Å². The first-order valence-corrected chi connectivity index (χ1v) is 29.3. The van der Waals surface area contributed by atoms with Crippen LogP contribution < -0.4 is 51.2 Å². The third-order valence-corrected chi connectivity index (χ3v) is 15.5. The van der Waals surface area contributed by atoms with Gasteiger partial charge in [-0.25, -0.2) is 9.97 Å². The monoisotopic (exact) mass is 1280 g/mol. The van der Waals surface area contributed by atoms with Gasteiger partial charge < -0.3 is 71.2 Å². The molecule has 0 saturated carbocycles. The molecule has 0 aliphatic carbocycles. The molecule has 0 unspecified atom stereocenters. The summed E-state index contributed by atoms with van der Waals surface area (Å²) in [7, 11) is 11.4. The number of aliphatic hydroxyl groups is 2. The molecule has 2 aliphatic rings. The van der Waals surface area contributed by atoms with Gasteiger partial charge in [-0.2, -0.15) is 15.2 Å². The molecule has 6 aromatic rings. The third-order valence-electron chi connectivity index (χ3n) is 13.9. The van der Waals surface area contributed by atoms with E-state index < -0.39 is 11.2 Å². The molecule has 8 rings (SSSR count). The molecule has 2 amide bonds. The van der Waals surface area contributed by atoms with Crippen LogP contribution in [0.4, 0.5) is 69.0 Å². The lowest BCUT2D eigenvalue weighted by Crippen LogP contribution is -2.31. The molecule has 2 saturated heterocycles. The number of hydrogen-bond donors (Lipinski definition) is 8. The zero-order valence-corrected chi connectivity index (χ0v) is 53.7. The Morgan fingerprint density at radius 2 is 1.07 bits per heavy atom. The van der Waals surface area contributed by atoms with Crippen LogP contribution in [0.3, 0.4) is 0 Å². The number of aromatic nitrogens is 4. The Hall–Kier alpha value is -7.10. The minimum atomic E-state index is -1.19. The van der Waals surface area contributed by atoms with Crippen molar-refractivity contribution >= 4 is 139 Å². The number of hydrogen-bond acceptors (Lipinski definition) is 19. The second-order valence-corrected chi connectivity index (χ2v) is 23.5. The van der Waals surface area contributed by atoms with E-state index >= 15 is 0 Å². The predicted molar refractivity (Wildman–Crippen MR) is 349 cm³/mol. The SMILES string of the molecule is C=CC(=O)Nc1cc(Nc2nccc(Nc3cc(Cl)c(Cl)cc3C(C)(C)O)n2)c(OC)cc1N1CC[C@@H](N(C)C)C1.CC#N.COc1cc(N2CC[C@@H](N(C)C)C2)c(NC(=O)CCCl)cc1Nc1nccc(Nc2cc(Cl)c(Cl)cc2C(C)(C)O)n1. The van der Waals surface area contributed by atoms with E-state index in [0.717, 1.165) is 50.4 Å². The van der Waals surface area contributed by atoms with Crippen molar-refractivity contribution in [2.45, 2.75) is 77.2 Å². The maximum Gasteiger partial charge on any atom is 0.247 e. The topological polar surface area (TPSA) is 254 Å². The fourth-order valence-electron chi connectivity index (χ4n) is 9.45. The van der Waals surface area contributed by atoms with Crippen LogP contribution in [0.5, 0.6) is 11.5 Å². The van der Waals surface area contributed by atoms with Gasteiger partial charge in [-0.1, -0.05) is 53.0 Å². The number of ether oxygens (including phenoxy) is 2. The molecule has 21 nitrogen and oxygen atoms in total. The van der Waals surface area contributed by atoms with Crippen molar-refractivity contribution in [2.75, 3.05) is 116 Å². The fourth-order valence-corrected chi connectivity index (χ4v) is 10.3. The maximum atomic E-state index is 12.6. The highest BCUT2D eigenvalue weighted by Gasteiger charge is 2.30. The number of benzene rings is 4. The van der Waals surface area contributed by atoms with Gasteiger partial charge in [-0.15, -0.1) is 11.6 Å². The first kappa shape index (κ1) is 68.0. The van der Waals surface area contributed by atoms with Gasteiger partial charge in [0.2, 0.25) is 23.7 Å². The normalized spacial score (nSPS) is 14.7. The molecular weight excluding hydrogens is 1200 g/mol. The second-order valence-electron chi connectivity index (χ2n) is 21.5. The van der Waals surface area contributed by atoms with Crippen molar-refractivity contribution in [1.29, 1.82) is 5.26 Å². The van der Waals surface area contributed by atoms with Gasteiger partial charge in [-0.05, 0) is 123 Å². The summed E-state index contributed by atoms with van der Waals surface area (Å²) in [5.74, 6) is 2.29. The Morgan fingerprint density at radius 3 is 1.42 bits per heavy atom. The molecule has 4 heterocycles. The molecule has 0 spiro atoms. The molecular formula is C60H74Cl5N15O6. The molecule has 4 aromatic carbocycles. The fraction of sp³-hybridized carbons (Fsp3) is 0.383. The lowest BCUT2D eigenvalue weighted by atomic mass is 9.96. The molecule has 460 valence electrons. The minimum absolute atomic E-state index is 0.183. The van der Waals surface area contributed by atoms with Gasteiger partial charge in [0.05, 0.1) is 85.7 Å². The van der Waals surface area contributed by atoms with E-state index in [4.69, 9.17) is 72.7 Å². The molecule has 2 fully saturated rings. The van der Waals surface area contributed by atoms with Gasteiger partial charge in [0.25, 0.3) is 0 Å². The minimum Gasteiger partial charge on any atom is -0.494 e. The molecule has 86 heavy (non-hydrogen) atoms. The van der Waals surface area contributed by atoms with Crippen LogP contribution >= 0.6 is 58.0 Å². The standard InChI is InChI=1S/C29H36Cl3N7O3.C29H35Cl2N7O3.C2H3N/c1-29(2,41)18-12-19(31)20(32)13-21(18)34-26-7-10-33-28(37-26)36-23-14-22(35-27(40)6-9-30)24(15-25(23)42-5)39-11-8-17(16-39)38(3)4;1-7-27(39)34-22-14-23(25(41-6)15-24(22)38-11-9-17(16-38)37(4)5)35-28-32-10-8-26(36-28)33-21-13-20(31)19(30)12-18(21)29(2,3)40;1-2-3/h7,10,12-15,17,41H,6,8-9,11,16H2,1-5H3,(H,35,40)(H2,33,34,36,37);7-8,10,12-15,17,40H,1,9,11,16H2,2-6H3,(H,34,39)(H2,32,33,35,36);1H3/t2*17-;/m11./s1. The summed E-state index contributed by atoms with van der Waals surface area (Å²) in [6.45, 7) is 15.0. The Labute approximate surface area is 528 Å². The van der Waals surface area contributed by atoms with Gasteiger partial charge in [0.15, 0.2) is 0 Å². The lowest BCUT2D eigenvalue weighted by molar-refractivity contribution is -0.116. The summed E-state index contributed by atoms with van der Waals surface area (Å²) in [5.41, 5.74) is 3.91. The van der Waals surface area contributed by atoms with E-state index in [9.17, 15) is 19.8 Å². The van der Waals surface area contributed by atoms with E-state index in [1.165, 1.54) is 13.0 Å². The van der Waals surface area contributed by atoms with Crippen LogP contribution in [0.2, 0.25) is 20.1 Å². The van der Waals surface area contributed by atoms with Crippen molar-refractivity contribution in [2.24, 2.45) is 0 Å². The summed E-state index contributed by atoms with van der Waals surface area (Å²) < 4.78 is 11.5. The van der Waals surface area contributed by atoms with Crippen LogP contribution in [0, 0.1) is 11.3 Å². The van der Waals surface area contributed by atoms with Gasteiger partial charge >= 0.3 is 0 Å². The summed E-state index contributed by atoms with van der Waals surface area (Å²) in [6.07, 6.45) is 6.61. The quantitative estimate of drug-likeness (QED) is 0.0246. The molecule has 2 aromatic heterocycles. The molecule has 2 atom stereocenters. The van der Waals surface area contributed by atoms with Crippen molar-refractivity contribution < 1.29 is 29.3 Å². The third kappa shape index (κ3) is 18.2. The smallest absolute Gasteiger partial charge is 0.247 e. The maximum absolute atomic E-state index is 12.6. The number of methoxy groups -OCH3 is 2. The van der Waals surface area contributed by atoms with Crippen molar-refractivity contribution in [3.05, 3.63) is 117 Å². The van der Waals surface area contributed by atoms with Crippen LogP contribution in [-0.2, 0) is 20.8 Å². The number of likely N-dealkylation sites (N-methyl/N-ethyl adjacent to an activating group) is 2. The highest BCUT2D eigenvalue weighted by Crippen LogP contribution is 2.43. The summed E-state index contributed by atoms with van der Waals surface area (Å²) in [6, 6.07) is 19.9. The van der Waals surface area contributed by atoms with Crippen LogP contribution in [0.1, 0.15) is 65.0 Å². The Kier molecular flexibility index (Phi) is 24.1. The summed E-state index contributed by atoms with van der Waals surface area (Å²) >= 11 is 30.8. The zero-order chi connectivity index (χ0) is 63.2. The summed E-state index contributed by atoms with van der Waals surface area (Å²) in [4.78, 5) is 51.7. The number of nitriles is 1. The number of carbonyl (C=O) groups excluding carboxylic acids is 2. The number of halogens is 5. The Bertz CT molecular complexity index is 3410. The number of nitrogens with one attached hydrogen (secondary N) is 6. The number of alkyl halides is 1. The van der Waals surface area contributed by atoms with Crippen molar-refractivity contribution in [1.82, 2.24) is 29.7 Å². The van der Waals surface area contributed by atoms with Crippen LogP contribution in [0.25, 0.3) is 0 Å². The van der Waals surface area contributed by atoms with Crippen LogP contribution in [-0.4, -0.2) is 138 Å². The number of anilines is 12. The average molecular weight is 1280 g/mol. The first-order chi connectivity index (χ1) is 40.7. The molecule has 0 bridgehead atoms. The van der Waals surface area contributed by atoms with E-state index in [0.29, 0.717) is 101 Å². The number of amides is 2. The lowest BCUT2D eigenvalue weighted by Gasteiger charge is -2.26. The number of nitrogens with zero attached hydrogens (tertiary/aromatic N) is 9. The first-order valence-electron chi connectivity index (χ1n) is 27.2. The largest absolute Gasteiger partial charge is 0.494 e. The van der Waals surface area contributed by atoms with Gasteiger partial charge in [-0.3, -0.25) is 9.59 Å². The van der Waals surface area contributed by atoms with Crippen molar-refractivity contribution in [3.8, 4) is 17.6 Å². The number of carbonyl (C=O) groups is 2. The molecule has 8 N–H and O–H groups in total. The second kappa shape index (κ2) is 30.5. The zero-order valence-electron chi connectivity index (χ0n) is 50.0. The molecule has 26 heteroatoms. The Balaban J connectivity index is 0.000000263. The number of rotatable bonds is 21.